The van der Waals surface area contributed by atoms with Crippen LogP contribution in [0.15, 0.2) is 24.3 Å². The molecule has 3 nitrogen and oxygen atoms in total. The van der Waals surface area contributed by atoms with Crippen molar-refractivity contribution in [3.63, 3.8) is 0 Å². The van der Waals surface area contributed by atoms with Gasteiger partial charge in [-0.1, -0.05) is 29.8 Å². The molecule has 0 N–H and O–H groups in total. The van der Waals surface area contributed by atoms with Crippen LogP contribution in [0.2, 0.25) is 0 Å². The molecule has 1 saturated carbocycles. The van der Waals surface area contributed by atoms with Crippen LogP contribution in [0.1, 0.15) is 37.3 Å². The molecule has 0 spiro atoms. The van der Waals surface area contributed by atoms with E-state index in [9.17, 15) is 4.57 Å². The molecule has 0 aliphatic heterocycles. The third-order valence-electron chi connectivity index (χ3n) is 3.29. The molecular weight excluding hydrogens is 247 g/mol. The van der Waals surface area contributed by atoms with Crippen LogP contribution < -0.4 is 0 Å². The van der Waals surface area contributed by atoms with Crippen molar-refractivity contribution in [1.29, 1.82) is 0 Å². The zero-order chi connectivity index (χ0) is 13.2. The number of aryl methyl sites for hydroxylation is 1. The first-order chi connectivity index (χ1) is 8.60. The van der Waals surface area contributed by atoms with E-state index < -0.39 is 7.60 Å². The molecule has 2 atom stereocenters. The molecule has 1 aromatic carbocycles. The first-order valence-electron chi connectivity index (χ1n) is 6.56. The molecule has 1 aliphatic rings. The summed E-state index contributed by atoms with van der Waals surface area (Å²) >= 11 is 0. The van der Waals surface area contributed by atoms with Crippen LogP contribution in [-0.2, 0) is 13.6 Å². The topological polar surface area (TPSA) is 35.5 Å². The molecule has 0 amide bonds. The standard InChI is InChI=1S/C14H21O3P/c1-4-16-18(15,17-5-2)14-10-13(14)12-8-6-11(3)7-9-12/h6-9,13-14H,4-5,10H2,1-3H3. The van der Waals surface area contributed by atoms with Crippen molar-refractivity contribution in [3.8, 4) is 0 Å². The van der Waals surface area contributed by atoms with E-state index in [2.05, 4.69) is 31.2 Å². The summed E-state index contributed by atoms with van der Waals surface area (Å²) in [6.07, 6.45) is 0.903. The van der Waals surface area contributed by atoms with E-state index >= 15 is 0 Å². The van der Waals surface area contributed by atoms with Gasteiger partial charge in [0.25, 0.3) is 0 Å². The smallest absolute Gasteiger partial charge is 0.309 e. The van der Waals surface area contributed by atoms with Gasteiger partial charge in [0.15, 0.2) is 0 Å². The van der Waals surface area contributed by atoms with Crippen LogP contribution in [-0.4, -0.2) is 18.9 Å². The van der Waals surface area contributed by atoms with Crippen molar-refractivity contribution in [3.05, 3.63) is 35.4 Å². The van der Waals surface area contributed by atoms with E-state index in [1.807, 2.05) is 13.8 Å². The minimum absolute atomic E-state index is 0.0418. The van der Waals surface area contributed by atoms with Crippen molar-refractivity contribution in [1.82, 2.24) is 0 Å². The van der Waals surface area contributed by atoms with Crippen LogP contribution in [0.4, 0.5) is 0 Å². The Morgan fingerprint density at radius 3 is 2.22 bits per heavy atom. The number of hydrogen-bond donors (Lipinski definition) is 0. The van der Waals surface area contributed by atoms with Crippen LogP contribution in [0, 0.1) is 6.92 Å². The predicted molar refractivity (Wildman–Crippen MR) is 73.2 cm³/mol. The lowest BCUT2D eigenvalue weighted by Gasteiger charge is -2.17. The third kappa shape index (κ3) is 2.85. The Morgan fingerprint density at radius 2 is 1.72 bits per heavy atom. The summed E-state index contributed by atoms with van der Waals surface area (Å²) in [6.45, 7) is 6.66. The molecular formula is C14H21O3P. The number of rotatable bonds is 6. The molecule has 100 valence electrons. The van der Waals surface area contributed by atoms with E-state index in [-0.39, 0.29) is 5.66 Å². The normalized spacial score (nSPS) is 23.1. The second-order valence-corrected chi connectivity index (χ2v) is 6.95. The molecule has 0 radical (unpaired) electrons. The van der Waals surface area contributed by atoms with Gasteiger partial charge in [-0.25, -0.2) is 0 Å². The highest BCUT2D eigenvalue weighted by Crippen LogP contribution is 2.68. The Morgan fingerprint density at radius 1 is 1.17 bits per heavy atom. The fraction of sp³-hybridized carbons (Fsp3) is 0.571. The zero-order valence-electron chi connectivity index (χ0n) is 11.3. The maximum absolute atomic E-state index is 12.6. The fourth-order valence-electron chi connectivity index (χ4n) is 2.29. The van der Waals surface area contributed by atoms with E-state index in [0.29, 0.717) is 19.1 Å². The van der Waals surface area contributed by atoms with Gasteiger partial charge in [0.2, 0.25) is 0 Å². The Kier molecular flexibility index (Phi) is 4.26. The summed E-state index contributed by atoms with van der Waals surface area (Å²) < 4.78 is 23.4. The van der Waals surface area contributed by atoms with E-state index in [4.69, 9.17) is 9.05 Å². The quantitative estimate of drug-likeness (QED) is 0.728. The van der Waals surface area contributed by atoms with Crippen molar-refractivity contribution < 1.29 is 13.6 Å². The lowest BCUT2D eigenvalue weighted by molar-refractivity contribution is 0.218. The summed E-state index contributed by atoms with van der Waals surface area (Å²) in [6, 6.07) is 8.42. The van der Waals surface area contributed by atoms with Crippen LogP contribution in [0.25, 0.3) is 0 Å². The lowest BCUT2D eigenvalue weighted by atomic mass is 10.1. The average Bonchev–Trinajstić information content (AvgIpc) is 3.11. The Hall–Kier alpha value is -0.630. The maximum Gasteiger partial charge on any atom is 0.334 e. The first-order valence-corrected chi connectivity index (χ1v) is 8.17. The molecule has 0 heterocycles. The molecule has 1 aliphatic carbocycles. The minimum Gasteiger partial charge on any atom is -0.309 e. The first kappa shape index (κ1) is 13.8. The van der Waals surface area contributed by atoms with Gasteiger partial charge in [-0.3, -0.25) is 4.57 Å². The van der Waals surface area contributed by atoms with Crippen LogP contribution in [0.5, 0.6) is 0 Å². The summed E-state index contributed by atoms with van der Waals surface area (Å²) in [7, 11) is -2.91. The number of hydrogen-bond acceptors (Lipinski definition) is 3. The second-order valence-electron chi connectivity index (χ2n) is 4.70. The van der Waals surface area contributed by atoms with Gasteiger partial charge in [-0.2, -0.15) is 0 Å². The molecule has 2 rings (SSSR count). The van der Waals surface area contributed by atoms with Gasteiger partial charge >= 0.3 is 7.60 Å². The molecule has 1 aromatic rings. The lowest BCUT2D eigenvalue weighted by Crippen LogP contribution is -2.02. The van der Waals surface area contributed by atoms with Crippen molar-refractivity contribution in [2.45, 2.75) is 38.8 Å². The summed E-state index contributed by atoms with van der Waals surface area (Å²) in [5.74, 6) is 0.328. The Labute approximate surface area is 109 Å². The van der Waals surface area contributed by atoms with E-state index in [0.717, 1.165) is 6.42 Å². The minimum atomic E-state index is -2.91. The second kappa shape index (κ2) is 5.56. The molecule has 2 unspecified atom stereocenters. The molecule has 0 saturated heterocycles. The third-order valence-corrected chi connectivity index (χ3v) is 5.91. The van der Waals surface area contributed by atoms with Crippen molar-refractivity contribution in [2.75, 3.05) is 13.2 Å². The van der Waals surface area contributed by atoms with E-state index in [1.165, 1.54) is 11.1 Å². The molecule has 0 aromatic heterocycles. The highest BCUT2D eigenvalue weighted by atomic mass is 31.2. The highest BCUT2D eigenvalue weighted by molar-refractivity contribution is 7.55. The molecule has 4 heteroatoms. The highest BCUT2D eigenvalue weighted by Gasteiger charge is 2.53. The van der Waals surface area contributed by atoms with Gasteiger partial charge in [-0.15, -0.1) is 0 Å². The summed E-state index contributed by atoms with van der Waals surface area (Å²) in [5, 5.41) is 0. The summed E-state index contributed by atoms with van der Waals surface area (Å²) in [4.78, 5) is 0. The van der Waals surface area contributed by atoms with E-state index in [1.54, 1.807) is 0 Å². The van der Waals surface area contributed by atoms with Crippen LogP contribution in [0.3, 0.4) is 0 Å². The summed E-state index contributed by atoms with van der Waals surface area (Å²) in [5.41, 5.74) is 2.53. The Balaban J connectivity index is 2.08. The zero-order valence-corrected chi connectivity index (χ0v) is 12.2. The monoisotopic (exact) mass is 268 g/mol. The SMILES string of the molecule is CCOP(=O)(OCC)C1CC1c1ccc(C)cc1. The maximum atomic E-state index is 12.6. The van der Waals surface area contributed by atoms with Gasteiger partial charge in [0, 0.05) is 0 Å². The molecule has 18 heavy (non-hydrogen) atoms. The fourth-order valence-corrected chi connectivity index (χ4v) is 4.57. The van der Waals surface area contributed by atoms with Gasteiger partial charge in [0.05, 0.1) is 18.9 Å². The number of benzene rings is 1. The van der Waals surface area contributed by atoms with Crippen molar-refractivity contribution >= 4 is 7.60 Å². The average molecular weight is 268 g/mol. The molecule has 1 fully saturated rings. The Bertz CT molecular complexity index is 431. The van der Waals surface area contributed by atoms with Gasteiger partial charge in [0.1, 0.15) is 0 Å². The van der Waals surface area contributed by atoms with Gasteiger partial charge in [-0.05, 0) is 38.7 Å². The largest absolute Gasteiger partial charge is 0.334 e. The van der Waals surface area contributed by atoms with Crippen molar-refractivity contribution in [2.24, 2.45) is 0 Å². The predicted octanol–water partition coefficient (Wildman–Crippen LogP) is 4.12. The van der Waals surface area contributed by atoms with Crippen LogP contribution >= 0.6 is 7.60 Å². The molecule has 0 bridgehead atoms. The van der Waals surface area contributed by atoms with Gasteiger partial charge < -0.3 is 9.05 Å².